The zero-order chi connectivity index (χ0) is 12.6. The number of ether oxygens (including phenoxy) is 2. The number of aliphatic hydroxyl groups is 1. The van der Waals surface area contributed by atoms with Gasteiger partial charge in [0.05, 0.1) is 10.5 Å². The highest BCUT2D eigenvalue weighted by molar-refractivity contribution is 5.59. The van der Waals surface area contributed by atoms with Gasteiger partial charge < -0.3 is 14.6 Å². The van der Waals surface area contributed by atoms with E-state index >= 15 is 0 Å². The first kappa shape index (κ1) is 11.7. The van der Waals surface area contributed by atoms with Crippen LogP contribution in [0.5, 0.6) is 11.5 Å². The third-order valence-electron chi connectivity index (χ3n) is 2.53. The highest BCUT2D eigenvalue weighted by Gasteiger charge is 2.29. The van der Waals surface area contributed by atoms with Crippen molar-refractivity contribution in [3.63, 3.8) is 0 Å². The Hall–Kier alpha value is -1.82. The molecule has 0 bridgehead atoms. The Morgan fingerprint density at radius 2 is 2.00 bits per heavy atom. The maximum Gasteiger partial charge on any atom is 0.315 e. The second-order valence-corrected chi connectivity index (χ2v) is 4.34. The van der Waals surface area contributed by atoms with Crippen LogP contribution >= 0.6 is 0 Å². The van der Waals surface area contributed by atoms with E-state index in [1.807, 2.05) is 0 Å². The Bertz CT molecular complexity index is 464. The first-order valence-electron chi connectivity index (χ1n) is 5.20. The molecule has 6 heteroatoms. The Morgan fingerprint density at radius 3 is 2.59 bits per heavy atom. The molecule has 0 saturated heterocycles. The van der Waals surface area contributed by atoms with Crippen molar-refractivity contribution >= 4 is 5.69 Å². The van der Waals surface area contributed by atoms with Crippen LogP contribution in [0.1, 0.15) is 19.4 Å². The second-order valence-electron chi connectivity index (χ2n) is 4.34. The normalized spacial score (nSPS) is 14.5. The van der Waals surface area contributed by atoms with E-state index in [2.05, 4.69) is 0 Å². The molecule has 17 heavy (non-hydrogen) atoms. The minimum Gasteiger partial charge on any atom is -0.486 e. The van der Waals surface area contributed by atoms with Gasteiger partial charge in [-0.15, -0.1) is 0 Å². The summed E-state index contributed by atoms with van der Waals surface area (Å²) in [5.41, 5.74) is -0.923. The Morgan fingerprint density at radius 1 is 1.35 bits per heavy atom. The topological polar surface area (TPSA) is 81.8 Å². The van der Waals surface area contributed by atoms with Gasteiger partial charge in [-0.2, -0.15) is 0 Å². The van der Waals surface area contributed by atoms with Crippen molar-refractivity contribution in [1.82, 2.24) is 0 Å². The summed E-state index contributed by atoms with van der Waals surface area (Å²) in [7, 11) is 0. The quantitative estimate of drug-likeness (QED) is 0.626. The molecule has 6 nitrogen and oxygen atoms in total. The minimum absolute atomic E-state index is 0.134. The van der Waals surface area contributed by atoms with Crippen molar-refractivity contribution in [3.8, 4) is 11.5 Å². The molecule has 1 aromatic carbocycles. The summed E-state index contributed by atoms with van der Waals surface area (Å²) in [6.45, 7) is 3.75. The van der Waals surface area contributed by atoms with E-state index in [0.29, 0.717) is 17.9 Å². The number of nitro benzene ring substituents is 1. The smallest absolute Gasteiger partial charge is 0.315 e. The number of fused-ring (bicyclic) bond motifs is 1. The standard InChI is InChI=1S/C11H13NO5/c1-11(2,13)7-5-8(12(14)15)10-9(6-7)16-3-4-17-10/h5-6,13H,3-4H2,1-2H3. The lowest BCUT2D eigenvalue weighted by Gasteiger charge is -2.23. The van der Waals surface area contributed by atoms with E-state index < -0.39 is 10.5 Å². The fourth-order valence-electron chi connectivity index (χ4n) is 1.62. The van der Waals surface area contributed by atoms with Crippen LogP contribution < -0.4 is 9.47 Å². The summed E-state index contributed by atoms with van der Waals surface area (Å²) in [5.74, 6) is 0.442. The molecule has 1 aliphatic rings. The zero-order valence-corrected chi connectivity index (χ0v) is 9.60. The SMILES string of the molecule is CC(C)(O)c1cc2c(c([N+](=O)[O-])c1)OCCO2. The largest absolute Gasteiger partial charge is 0.486 e. The molecule has 0 amide bonds. The van der Waals surface area contributed by atoms with Gasteiger partial charge in [-0.1, -0.05) is 0 Å². The van der Waals surface area contributed by atoms with Gasteiger partial charge in [-0.3, -0.25) is 10.1 Å². The van der Waals surface area contributed by atoms with E-state index in [9.17, 15) is 15.2 Å². The van der Waals surface area contributed by atoms with E-state index in [-0.39, 0.29) is 18.0 Å². The number of nitrogens with zero attached hydrogens (tertiary/aromatic N) is 1. The molecule has 1 heterocycles. The highest BCUT2D eigenvalue weighted by atomic mass is 16.6. The highest BCUT2D eigenvalue weighted by Crippen LogP contribution is 2.42. The number of nitro groups is 1. The van der Waals surface area contributed by atoms with Crippen LogP contribution in [0, 0.1) is 10.1 Å². The predicted molar refractivity (Wildman–Crippen MR) is 59.3 cm³/mol. The van der Waals surface area contributed by atoms with E-state index in [4.69, 9.17) is 9.47 Å². The van der Waals surface area contributed by atoms with Crippen LogP contribution in [0.4, 0.5) is 5.69 Å². The molecular formula is C11H13NO5. The molecule has 0 aromatic heterocycles. The first-order valence-corrected chi connectivity index (χ1v) is 5.20. The van der Waals surface area contributed by atoms with Crippen molar-refractivity contribution in [3.05, 3.63) is 27.8 Å². The van der Waals surface area contributed by atoms with Crippen molar-refractivity contribution in [2.75, 3.05) is 13.2 Å². The minimum atomic E-state index is -1.17. The average Bonchev–Trinajstić information content (AvgIpc) is 2.26. The zero-order valence-electron chi connectivity index (χ0n) is 9.60. The van der Waals surface area contributed by atoms with Gasteiger partial charge in [0, 0.05) is 6.07 Å². The molecule has 1 aromatic rings. The van der Waals surface area contributed by atoms with Crippen LogP contribution in [0.25, 0.3) is 0 Å². The number of hydrogen-bond acceptors (Lipinski definition) is 5. The van der Waals surface area contributed by atoms with Crippen LogP contribution in [-0.4, -0.2) is 23.2 Å². The van der Waals surface area contributed by atoms with E-state index in [1.165, 1.54) is 6.07 Å². The molecule has 92 valence electrons. The maximum atomic E-state index is 10.9. The lowest BCUT2D eigenvalue weighted by Crippen LogP contribution is -2.20. The summed E-state index contributed by atoms with van der Waals surface area (Å²) >= 11 is 0. The molecule has 0 fully saturated rings. The molecular weight excluding hydrogens is 226 g/mol. The number of rotatable bonds is 2. The van der Waals surface area contributed by atoms with Gasteiger partial charge >= 0.3 is 5.69 Å². The molecule has 1 N–H and O–H groups in total. The monoisotopic (exact) mass is 239 g/mol. The Labute approximate surface area is 97.9 Å². The predicted octanol–water partition coefficient (Wildman–Crippen LogP) is 1.59. The summed E-state index contributed by atoms with van der Waals surface area (Å²) in [6, 6.07) is 2.88. The molecule has 0 spiro atoms. The van der Waals surface area contributed by atoms with E-state index in [1.54, 1.807) is 19.9 Å². The molecule has 0 saturated carbocycles. The Balaban J connectivity index is 2.60. The third kappa shape index (κ3) is 2.16. The van der Waals surface area contributed by atoms with Crippen molar-refractivity contribution in [2.24, 2.45) is 0 Å². The second kappa shape index (κ2) is 3.89. The molecule has 2 rings (SSSR count). The summed E-state index contributed by atoms with van der Waals surface area (Å²) < 4.78 is 10.5. The van der Waals surface area contributed by atoms with E-state index in [0.717, 1.165) is 0 Å². The average molecular weight is 239 g/mol. The first-order chi connectivity index (χ1) is 7.89. The molecule has 0 atom stereocenters. The Kier molecular flexibility index (Phi) is 2.66. The van der Waals surface area contributed by atoms with Gasteiger partial charge in [0.2, 0.25) is 5.75 Å². The van der Waals surface area contributed by atoms with Crippen LogP contribution in [0.3, 0.4) is 0 Å². The summed E-state index contributed by atoms with van der Waals surface area (Å²) in [6.07, 6.45) is 0. The molecule has 1 aliphatic heterocycles. The number of benzene rings is 1. The maximum absolute atomic E-state index is 10.9. The molecule has 0 unspecified atom stereocenters. The number of hydrogen-bond donors (Lipinski definition) is 1. The van der Waals surface area contributed by atoms with Crippen molar-refractivity contribution in [1.29, 1.82) is 0 Å². The van der Waals surface area contributed by atoms with Gasteiger partial charge in [0.25, 0.3) is 0 Å². The van der Waals surface area contributed by atoms with Crippen LogP contribution in [0.15, 0.2) is 12.1 Å². The lowest BCUT2D eigenvalue weighted by atomic mass is 9.97. The molecule has 0 radical (unpaired) electrons. The van der Waals surface area contributed by atoms with Gasteiger partial charge in [-0.25, -0.2) is 0 Å². The summed E-state index contributed by atoms with van der Waals surface area (Å²) in [5, 5.41) is 20.8. The lowest BCUT2D eigenvalue weighted by molar-refractivity contribution is -0.386. The van der Waals surface area contributed by atoms with Crippen LogP contribution in [-0.2, 0) is 5.60 Å². The molecule has 0 aliphatic carbocycles. The third-order valence-corrected chi connectivity index (χ3v) is 2.53. The fraction of sp³-hybridized carbons (Fsp3) is 0.455. The van der Waals surface area contributed by atoms with Gasteiger partial charge in [0.1, 0.15) is 13.2 Å². The van der Waals surface area contributed by atoms with Gasteiger partial charge in [0.15, 0.2) is 5.75 Å². The fourth-order valence-corrected chi connectivity index (χ4v) is 1.62. The van der Waals surface area contributed by atoms with Gasteiger partial charge in [-0.05, 0) is 25.5 Å². The van der Waals surface area contributed by atoms with Crippen molar-refractivity contribution in [2.45, 2.75) is 19.4 Å². The van der Waals surface area contributed by atoms with Crippen molar-refractivity contribution < 1.29 is 19.5 Å². The summed E-state index contributed by atoms with van der Waals surface area (Å²) in [4.78, 5) is 10.4. The van der Waals surface area contributed by atoms with Crippen LogP contribution in [0.2, 0.25) is 0 Å².